The molecule has 1 aromatic carbocycles. The van der Waals surface area contributed by atoms with Crippen LogP contribution in [0.15, 0.2) is 30.0 Å². The molecule has 0 fully saturated rings. The van der Waals surface area contributed by atoms with Crippen molar-refractivity contribution in [1.29, 1.82) is 10.5 Å². The first kappa shape index (κ1) is 10.8. The van der Waals surface area contributed by atoms with Gasteiger partial charge in [-0.25, -0.2) is 0 Å². The maximum Gasteiger partial charge on any atom is 0.145 e. The molecule has 0 aliphatic carbocycles. The molecule has 0 heterocycles. The molecular formula is C12H11N3. The molecule has 3 nitrogen and oxygen atoms in total. The number of nitrogens with zero attached hydrogens (tertiary/aromatic N) is 2. The third-order valence-electron chi connectivity index (χ3n) is 2.01. The smallest absolute Gasteiger partial charge is 0.145 e. The number of anilines is 1. The van der Waals surface area contributed by atoms with E-state index in [1.807, 2.05) is 32.0 Å². The molecule has 0 aromatic heterocycles. The molecule has 0 spiro atoms. The summed E-state index contributed by atoms with van der Waals surface area (Å²) in [5, 5.41) is 20.0. The highest BCUT2D eigenvalue weighted by molar-refractivity contribution is 5.55. The van der Waals surface area contributed by atoms with Crippen LogP contribution in [0.2, 0.25) is 0 Å². The molecule has 0 aliphatic rings. The van der Waals surface area contributed by atoms with E-state index in [4.69, 9.17) is 10.5 Å². The lowest BCUT2D eigenvalue weighted by atomic mass is 10.1. The summed E-state index contributed by atoms with van der Waals surface area (Å²) in [7, 11) is 0. The summed E-state index contributed by atoms with van der Waals surface area (Å²) in [6.45, 7) is 3.96. The van der Waals surface area contributed by atoms with Gasteiger partial charge in [-0.1, -0.05) is 12.1 Å². The van der Waals surface area contributed by atoms with Crippen LogP contribution in [0.3, 0.4) is 0 Å². The number of allylic oxidation sites excluding steroid dienone is 1. The van der Waals surface area contributed by atoms with Crippen LogP contribution >= 0.6 is 0 Å². The number of nitriles is 2. The maximum absolute atomic E-state index is 8.55. The van der Waals surface area contributed by atoms with Crippen molar-refractivity contribution >= 4 is 5.69 Å². The van der Waals surface area contributed by atoms with Gasteiger partial charge in [-0.05, 0) is 31.0 Å². The molecule has 0 amide bonds. The molecule has 15 heavy (non-hydrogen) atoms. The van der Waals surface area contributed by atoms with E-state index in [1.54, 1.807) is 12.1 Å². The Morgan fingerprint density at radius 3 is 2.53 bits per heavy atom. The average Bonchev–Trinajstić information content (AvgIpc) is 2.24. The van der Waals surface area contributed by atoms with Gasteiger partial charge in [0.15, 0.2) is 0 Å². The average molecular weight is 197 g/mol. The fraction of sp³-hybridized carbons (Fsp3) is 0.167. The van der Waals surface area contributed by atoms with E-state index in [0.717, 1.165) is 16.8 Å². The number of rotatable bonds is 2. The van der Waals surface area contributed by atoms with Crippen LogP contribution in [-0.2, 0) is 0 Å². The first-order chi connectivity index (χ1) is 7.17. The summed E-state index contributed by atoms with van der Waals surface area (Å²) >= 11 is 0. The molecule has 0 saturated carbocycles. The van der Waals surface area contributed by atoms with Gasteiger partial charge in [0.05, 0.1) is 0 Å². The Labute approximate surface area is 89.3 Å². The molecule has 74 valence electrons. The first-order valence-corrected chi connectivity index (χ1v) is 4.51. The van der Waals surface area contributed by atoms with Crippen molar-refractivity contribution in [2.75, 3.05) is 5.32 Å². The molecular weight excluding hydrogens is 186 g/mol. The lowest BCUT2D eigenvalue weighted by molar-refractivity contribution is 1.37. The Balaban J connectivity index is 2.92. The summed E-state index contributed by atoms with van der Waals surface area (Å²) in [6, 6.07) is 9.56. The number of nitrogens with one attached hydrogen (secondary N) is 1. The second-order valence-corrected chi connectivity index (χ2v) is 3.24. The highest BCUT2D eigenvalue weighted by atomic mass is 14.8. The van der Waals surface area contributed by atoms with Gasteiger partial charge >= 0.3 is 0 Å². The zero-order chi connectivity index (χ0) is 11.3. The summed E-state index contributed by atoms with van der Waals surface area (Å²) in [6.07, 6.45) is 1.42. The van der Waals surface area contributed by atoms with Gasteiger partial charge in [0.25, 0.3) is 0 Å². The van der Waals surface area contributed by atoms with Crippen molar-refractivity contribution < 1.29 is 0 Å². The third kappa shape index (κ3) is 2.86. The van der Waals surface area contributed by atoms with Gasteiger partial charge in [0.2, 0.25) is 0 Å². The SMILES string of the molecule is Cc1ccc(C)c(NC=C(C#N)C#N)c1. The van der Waals surface area contributed by atoms with E-state index in [0.29, 0.717) is 0 Å². The van der Waals surface area contributed by atoms with Gasteiger partial charge < -0.3 is 5.32 Å². The van der Waals surface area contributed by atoms with Gasteiger partial charge in [-0.2, -0.15) is 10.5 Å². The van der Waals surface area contributed by atoms with E-state index in [-0.39, 0.29) is 5.57 Å². The molecule has 1 N–H and O–H groups in total. The molecule has 3 heteroatoms. The largest absolute Gasteiger partial charge is 0.360 e. The van der Waals surface area contributed by atoms with Gasteiger partial charge in [-0.15, -0.1) is 0 Å². The summed E-state index contributed by atoms with van der Waals surface area (Å²) in [4.78, 5) is 0. The highest BCUT2D eigenvalue weighted by Gasteiger charge is 1.97. The van der Waals surface area contributed by atoms with E-state index < -0.39 is 0 Å². The quantitative estimate of drug-likeness (QED) is 0.741. The Kier molecular flexibility index (Phi) is 3.49. The first-order valence-electron chi connectivity index (χ1n) is 4.51. The minimum Gasteiger partial charge on any atom is -0.360 e. The van der Waals surface area contributed by atoms with E-state index in [9.17, 15) is 0 Å². The monoisotopic (exact) mass is 197 g/mol. The van der Waals surface area contributed by atoms with Crippen LogP contribution in [0.4, 0.5) is 5.69 Å². The zero-order valence-electron chi connectivity index (χ0n) is 8.70. The number of aryl methyl sites for hydroxylation is 2. The summed E-state index contributed by atoms with van der Waals surface area (Å²) < 4.78 is 0. The van der Waals surface area contributed by atoms with Crippen LogP contribution in [0.5, 0.6) is 0 Å². The van der Waals surface area contributed by atoms with Crippen molar-refractivity contribution in [3.8, 4) is 12.1 Å². The van der Waals surface area contributed by atoms with Crippen LogP contribution in [-0.4, -0.2) is 0 Å². The Bertz CT molecular complexity index is 457. The Morgan fingerprint density at radius 2 is 1.93 bits per heavy atom. The molecule has 0 atom stereocenters. The summed E-state index contributed by atoms with van der Waals surface area (Å²) in [5.74, 6) is 0. The molecule has 0 aliphatic heterocycles. The maximum atomic E-state index is 8.55. The predicted molar refractivity (Wildman–Crippen MR) is 58.8 cm³/mol. The van der Waals surface area contributed by atoms with Crippen molar-refractivity contribution in [1.82, 2.24) is 0 Å². The van der Waals surface area contributed by atoms with E-state index >= 15 is 0 Å². The fourth-order valence-corrected chi connectivity index (χ4v) is 1.13. The van der Waals surface area contributed by atoms with Gasteiger partial charge in [0, 0.05) is 11.9 Å². The molecule has 1 aromatic rings. The van der Waals surface area contributed by atoms with Crippen molar-refractivity contribution in [3.05, 3.63) is 41.1 Å². The Morgan fingerprint density at radius 1 is 1.27 bits per heavy atom. The number of benzene rings is 1. The standard InChI is InChI=1S/C12H11N3/c1-9-3-4-10(2)12(5-9)15-8-11(6-13)7-14/h3-5,8,15H,1-2H3. The third-order valence-corrected chi connectivity index (χ3v) is 2.01. The number of hydrogen-bond acceptors (Lipinski definition) is 3. The molecule has 1 rings (SSSR count). The van der Waals surface area contributed by atoms with Crippen molar-refractivity contribution in [2.45, 2.75) is 13.8 Å². The lowest BCUT2D eigenvalue weighted by Crippen LogP contribution is -1.93. The second-order valence-electron chi connectivity index (χ2n) is 3.24. The second kappa shape index (κ2) is 4.83. The van der Waals surface area contributed by atoms with Crippen molar-refractivity contribution in [2.24, 2.45) is 0 Å². The summed E-state index contributed by atoms with van der Waals surface area (Å²) in [5.41, 5.74) is 3.19. The molecule has 0 radical (unpaired) electrons. The van der Waals surface area contributed by atoms with Crippen LogP contribution in [0.25, 0.3) is 0 Å². The minimum absolute atomic E-state index is 0.0657. The topological polar surface area (TPSA) is 59.6 Å². The van der Waals surface area contributed by atoms with Crippen LogP contribution < -0.4 is 5.32 Å². The van der Waals surface area contributed by atoms with Crippen LogP contribution in [0, 0.1) is 36.5 Å². The van der Waals surface area contributed by atoms with Crippen LogP contribution in [0.1, 0.15) is 11.1 Å². The van der Waals surface area contributed by atoms with Crippen molar-refractivity contribution in [3.63, 3.8) is 0 Å². The van der Waals surface area contributed by atoms with E-state index in [1.165, 1.54) is 6.20 Å². The van der Waals surface area contributed by atoms with Gasteiger partial charge in [-0.3, -0.25) is 0 Å². The number of hydrogen-bond donors (Lipinski definition) is 1. The van der Waals surface area contributed by atoms with Gasteiger partial charge in [0.1, 0.15) is 17.7 Å². The van der Waals surface area contributed by atoms with E-state index in [2.05, 4.69) is 5.32 Å². The predicted octanol–water partition coefficient (Wildman–Crippen LogP) is 2.65. The molecule has 0 bridgehead atoms. The normalized spacial score (nSPS) is 8.53. The lowest BCUT2D eigenvalue weighted by Gasteiger charge is -2.05. The molecule has 0 unspecified atom stereocenters. The highest BCUT2D eigenvalue weighted by Crippen LogP contribution is 2.16. The fourth-order valence-electron chi connectivity index (χ4n) is 1.13. The Hall–Kier alpha value is -2.26. The molecule has 0 saturated heterocycles. The minimum atomic E-state index is 0.0657. The zero-order valence-corrected chi connectivity index (χ0v) is 8.70.